The Morgan fingerprint density at radius 1 is 0.445 bits per heavy atom. The molecule has 4 atom stereocenters. The number of nitrogens with zero attached hydrogens (tertiary/aromatic N) is 20. The van der Waals surface area contributed by atoms with Crippen molar-refractivity contribution in [3.8, 4) is 74.2 Å². The van der Waals surface area contributed by atoms with Crippen molar-refractivity contribution in [1.29, 1.82) is 0 Å². The van der Waals surface area contributed by atoms with E-state index in [1.54, 1.807) is 50.6 Å². The van der Waals surface area contributed by atoms with Crippen LogP contribution in [0, 0.1) is 86.8 Å². The Labute approximate surface area is 740 Å². The number of pyridine rings is 4. The van der Waals surface area contributed by atoms with E-state index < -0.39 is 5.92 Å². The van der Waals surface area contributed by atoms with E-state index in [0.717, 1.165) is 111 Å². The third kappa shape index (κ3) is 22.0. The second-order valence-electron chi connectivity index (χ2n) is 32.6. The normalized spacial score (nSPS) is 14.4. The van der Waals surface area contributed by atoms with Crippen molar-refractivity contribution in [1.82, 2.24) is 98.9 Å². The lowest BCUT2D eigenvalue weighted by molar-refractivity contribution is -0.0361. The first-order valence-electron chi connectivity index (χ1n) is 42.8. The Morgan fingerprint density at radius 2 is 0.883 bits per heavy atom. The zero-order chi connectivity index (χ0) is 90.5. The molecule has 12 aromatic heterocycles. The Balaban J connectivity index is 0.000000138. The summed E-state index contributed by atoms with van der Waals surface area (Å²) in [6.07, 6.45) is 19.6. The number of aliphatic hydroxyl groups is 3. The van der Waals surface area contributed by atoms with Crippen molar-refractivity contribution < 1.29 is 37.6 Å². The van der Waals surface area contributed by atoms with Gasteiger partial charge in [-0.15, -0.1) is 35.7 Å². The van der Waals surface area contributed by atoms with Crippen molar-refractivity contribution >= 4 is 17.5 Å². The lowest BCUT2D eigenvalue weighted by atomic mass is 9.92. The molecule has 15 aromatic rings. The van der Waals surface area contributed by atoms with Gasteiger partial charge in [-0.2, -0.15) is 5.10 Å². The quantitative estimate of drug-likeness (QED) is 0.0274. The highest BCUT2D eigenvalue weighted by Crippen LogP contribution is 2.50. The summed E-state index contributed by atoms with van der Waals surface area (Å²) < 4.78 is 67.6. The number of hydrogen-bond donors (Lipinski definition) is 6. The van der Waals surface area contributed by atoms with E-state index in [2.05, 4.69) is 149 Å². The lowest BCUT2D eigenvalue weighted by Gasteiger charge is -2.29. The SMILES string of the molecule is CCC[C@H](Nc1nnc(-c2ccc(-n3cnc(C)c3)c(CO)n2)cc1C)c1ccccc1F.CC[C@H](Nc1nnc(-c2ccc(-n3cnc(C)c3)c(CO)n2)cc1C)c1ccc(C)cc1.COc1nc(-c2cc(C)c(C[C@@H]3C[C@H]3c3ccc(F)c(C)c3)nn2)ccc1-n1cnc(C)c1.Cc1cn(-c2ccc(-c3cc(C)c(NC4CCC(F)(F)CC4)nn3)nc2CO)cn1. The van der Waals surface area contributed by atoms with E-state index in [1.165, 1.54) is 22.8 Å². The van der Waals surface area contributed by atoms with Crippen LogP contribution in [0.25, 0.3) is 68.3 Å². The highest BCUT2D eigenvalue weighted by atomic mass is 19.3. The number of anilines is 3. The van der Waals surface area contributed by atoms with E-state index in [9.17, 15) is 32.9 Å². The fraction of sp³-hybridized carbons (Fsp3) is 0.320. The van der Waals surface area contributed by atoms with Crippen molar-refractivity contribution in [3.63, 3.8) is 0 Å². The monoisotopic (exact) mass is 1730 g/mol. The van der Waals surface area contributed by atoms with Crippen LogP contribution in [-0.4, -0.2) is 133 Å². The summed E-state index contributed by atoms with van der Waals surface area (Å²) in [5.41, 5.74) is 23.2. The molecule has 2 aliphatic carbocycles. The molecule has 128 heavy (non-hydrogen) atoms. The lowest BCUT2D eigenvalue weighted by Crippen LogP contribution is -2.32. The summed E-state index contributed by atoms with van der Waals surface area (Å²) in [6.45, 7) is 23.1. The van der Waals surface area contributed by atoms with Crippen LogP contribution in [-0.2, 0) is 26.2 Å². The number of imidazole rings is 4. The van der Waals surface area contributed by atoms with Gasteiger partial charge in [0.1, 0.15) is 40.1 Å². The van der Waals surface area contributed by atoms with E-state index in [-0.39, 0.29) is 62.4 Å². The molecule has 0 amide bonds. The van der Waals surface area contributed by atoms with Crippen LogP contribution in [0.15, 0.2) is 190 Å². The largest absolute Gasteiger partial charge is 0.479 e. The predicted octanol–water partition coefficient (Wildman–Crippen LogP) is 18.6. The van der Waals surface area contributed by atoms with Crippen molar-refractivity contribution in [2.75, 3.05) is 23.1 Å². The maximum absolute atomic E-state index is 14.4. The minimum absolute atomic E-state index is 0.0273. The smallest absolute Gasteiger partial charge is 0.248 e. The van der Waals surface area contributed by atoms with Gasteiger partial charge in [-0.3, -0.25) is 0 Å². The van der Waals surface area contributed by atoms with E-state index in [0.29, 0.717) is 116 Å². The number of aryl methyl sites for hydroxylation is 10. The molecule has 31 heteroatoms. The number of aromatic nitrogens is 20. The second kappa shape index (κ2) is 40.7. The molecular weight excluding hydrogens is 1630 g/mol. The van der Waals surface area contributed by atoms with E-state index in [4.69, 9.17) is 4.74 Å². The van der Waals surface area contributed by atoms with Crippen LogP contribution in [0.5, 0.6) is 5.88 Å². The van der Waals surface area contributed by atoms with Crippen LogP contribution < -0.4 is 20.7 Å². The summed E-state index contributed by atoms with van der Waals surface area (Å²) in [5, 5.41) is 74.7. The first-order valence-corrected chi connectivity index (χ1v) is 42.8. The fourth-order valence-corrected chi connectivity index (χ4v) is 15.5. The number of halogens is 4. The molecule has 6 N–H and O–H groups in total. The third-order valence-electron chi connectivity index (χ3n) is 22.8. The average molecular weight is 1730 g/mol. The third-order valence-corrected chi connectivity index (χ3v) is 22.8. The minimum atomic E-state index is -2.56. The molecule has 2 aliphatic rings. The van der Waals surface area contributed by atoms with Crippen LogP contribution in [0.4, 0.5) is 35.0 Å². The number of benzene rings is 3. The maximum Gasteiger partial charge on any atom is 0.248 e. The van der Waals surface area contributed by atoms with Crippen LogP contribution in [0.1, 0.15) is 179 Å². The summed E-state index contributed by atoms with van der Waals surface area (Å²) >= 11 is 0. The number of ether oxygens (including phenoxy) is 1. The highest BCUT2D eigenvalue weighted by Gasteiger charge is 2.39. The molecule has 0 bridgehead atoms. The van der Waals surface area contributed by atoms with Gasteiger partial charge in [-0.05, 0) is 243 Å². The first kappa shape index (κ1) is 90.5. The molecule has 0 radical (unpaired) electrons. The first-order chi connectivity index (χ1) is 61.7. The van der Waals surface area contributed by atoms with Gasteiger partial charge in [0.25, 0.3) is 0 Å². The summed E-state index contributed by atoms with van der Waals surface area (Å²) in [7, 11) is 1.61. The highest BCUT2D eigenvalue weighted by molar-refractivity contribution is 5.64. The van der Waals surface area contributed by atoms with Gasteiger partial charge >= 0.3 is 0 Å². The molecule has 2 saturated carbocycles. The zero-order valence-corrected chi connectivity index (χ0v) is 74.0. The van der Waals surface area contributed by atoms with Gasteiger partial charge in [-0.1, -0.05) is 80.4 Å². The number of rotatable bonds is 26. The molecule has 0 saturated heterocycles. The molecule has 3 aromatic carbocycles. The molecule has 12 heterocycles. The molecular formula is C97H105F4N23O4. The molecule has 660 valence electrons. The number of alkyl halides is 2. The summed E-state index contributed by atoms with van der Waals surface area (Å²) in [6, 6.07) is 43.6. The van der Waals surface area contributed by atoms with Gasteiger partial charge in [0.15, 0.2) is 17.5 Å². The number of hydrogen-bond acceptors (Lipinski definition) is 23. The van der Waals surface area contributed by atoms with Gasteiger partial charge in [0.2, 0.25) is 11.8 Å². The number of aliphatic hydroxyl groups excluding tert-OH is 3. The molecule has 27 nitrogen and oxygen atoms in total. The van der Waals surface area contributed by atoms with Crippen LogP contribution in [0.3, 0.4) is 0 Å². The Hall–Kier alpha value is -13.8. The van der Waals surface area contributed by atoms with E-state index >= 15 is 0 Å². The number of nitrogens with one attached hydrogen (secondary N) is 3. The van der Waals surface area contributed by atoms with Crippen LogP contribution >= 0.6 is 0 Å². The van der Waals surface area contributed by atoms with Gasteiger partial charge in [0.05, 0.1) is 150 Å². The maximum atomic E-state index is 14.4. The van der Waals surface area contributed by atoms with Crippen molar-refractivity contribution in [2.45, 2.75) is 191 Å². The van der Waals surface area contributed by atoms with Gasteiger partial charge in [0, 0.05) is 49.2 Å². The molecule has 2 fully saturated rings. The standard InChI is InChI=1S/C26H26FN5O.C25H27FN6O.C25H28N6O.C21H24F2N6O/c1-15-9-18(5-6-21(15)27)20-11-19(20)12-23-16(2)10-24(31-30-23)22-7-8-25(26(29-22)33-4)32-13-17(3)28-14-32;1-4-7-20(18-8-5-6-9-19(18)26)29-25-16(2)12-22(30-31-25)21-10-11-24(23(14-33)28-21)32-13-17(3)27-15-32;1-5-20(19-8-6-16(2)7-9-19)28-25-17(3)12-22(29-30-25)21-10-11-24(23(14-32)27-21)31-13-18(4)26-15-31;1-13-9-17(27-28-20(13)25-15-5-7-21(22,23)8-6-15)16-3-4-19(18(11-30)26-16)29-10-14(2)24-12-29/h5-10,13-14,19-20H,11-12H2,1-4H3;5-6,8-13,15,20,33H,4,7,14H2,1-3H3,(H,29,31);6-13,15,20,32H,5,14H2,1-4H3,(H,28,30);3-4,9-10,12,15,30H,5-8,11H2,1-2H3,(H,25,28)/t19-,20-;2*20-;/m000./s1. The molecule has 17 rings (SSSR count). The molecule has 0 aliphatic heterocycles. The van der Waals surface area contributed by atoms with Gasteiger partial charge in [-0.25, -0.2) is 57.4 Å². The predicted molar refractivity (Wildman–Crippen MR) is 484 cm³/mol. The van der Waals surface area contributed by atoms with Crippen LogP contribution in [0.2, 0.25) is 0 Å². The Bertz CT molecular complexity index is 6360. The van der Waals surface area contributed by atoms with Crippen molar-refractivity contribution in [3.05, 3.63) is 297 Å². The summed E-state index contributed by atoms with van der Waals surface area (Å²) in [5.74, 6) is 0.514. The minimum Gasteiger partial charge on any atom is -0.479 e. The van der Waals surface area contributed by atoms with Crippen molar-refractivity contribution in [2.24, 2.45) is 5.92 Å². The second-order valence-corrected chi connectivity index (χ2v) is 32.6. The Kier molecular flexibility index (Phi) is 28.7. The van der Waals surface area contributed by atoms with E-state index in [1.807, 2.05) is 189 Å². The zero-order valence-electron chi connectivity index (χ0n) is 74.0. The number of methoxy groups -OCH3 is 1. The molecule has 0 unspecified atom stereocenters. The fourth-order valence-electron chi connectivity index (χ4n) is 15.5. The average Bonchev–Trinajstić information content (AvgIpc) is 1.60. The summed E-state index contributed by atoms with van der Waals surface area (Å²) in [4.78, 5) is 35.4. The molecule has 0 spiro atoms. The Morgan fingerprint density at radius 3 is 1.30 bits per heavy atom. The van der Waals surface area contributed by atoms with Gasteiger partial charge < -0.3 is 54.3 Å². The topological polar surface area (TPSA) is 332 Å².